The van der Waals surface area contributed by atoms with Gasteiger partial charge in [-0.1, -0.05) is 30.3 Å². The van der Waals surface area contributed by atoms with Crippen molar-refractivity contribution in [2.75, 3.05) is 41.0 Å². The average Bonchev–Trinajstić information content (AvgIpc) is 2.83. The van der Waals surface area contributed by atoms with Crippen LogP contribution in [0.5, 0.6) is 17.2 Å². The Labute approximate surface area is 189 Å². The molecule has 32 heavy (non-hydrogen) atoms. The number of nitrogens with one attached hydrogen (secondary N) is 1. The van der Waals surface area contributed by atoms with Crippen molar-refractivity contribution in [3.8, 4) is 17.2 Å². The molecular formula is C25H32N2O5. The predicted molar refractivity (Wildman–Crippen MR) is 122 cm³/mol. The third-order valence-corrected chi connectivity index (χ3v) is 5.87. The molecule has 0 aliphatic carbocycles. The maximum Gasteiger partial charge on any atom is 0.254 e. The molecule has 2 aromatic rings. The molecule has 172 valence electrons. The van der Waals surface area contributed by atoms with Crippen LogP contribution in [0.3, 0.4) is 0 Å². The van der Waals surface area contributed by atoms with Crippen LogP contribution in [-0.4, -0.2) is 57.7 Å². The van der Waals surface area contributed by atoms with Gasteiger partial charge in [0.05, 0.1) is 21.3 Å². The fourth-order valence-corrected chi connectivity index (χ4v) is 4.05. The highest BCUT2D eigenvalue weighted by molar-refractivity contribution is 5.95. The highest BCUT2D eigenvalue weighted by Crippen LogP contribution is 2.38. The van der Waals surface area contributed by atoms with Gasteiger partial charge < -0.3 is 24.4 Å². The lowest BCUT2D eigenvalue weighted by atomic mass is 9.92. The van der Waals surface area contributed by atoms with E-state index in [1.165, 1.54) is 26.9 Å². The van der Waals surface area contributed by atoms with E-state index in [2.05, 4.69) is 17.4 Å². The number of hydrogen-bond donors (Lipinski definition) is 1. The zero-order valence-corrected chi connectivity index (χ0v) is 19.1. The number of nitrogens with zero attached hydrogens (tertiary/aromatic N) is 1. The Morgan fingerprint density at radius 2 is 1.59 bits per heavy atom. The van der Waals surface area contributed by atoms with Crippen molar-refractivity contribution < 1.29 is 23.8 Å². The summed E-state index contributed by atoms with van der Waals surface area (Å²) < 4.78 is 16.0. The van der Waals surface area contributed by atoms with E-state index in [1.54, 1.807) is 12.1 Å². The maximum absolute atomic E-state index is 13.0. The van der Waals surface area contributed by atoms with Crippen LogP contribution in [-0.2, 0) is 11.2 Å². The van der Waals surface area contributed by atoms with Gasteiger partial charge in [0.1, 0.15) is 0 Å². The largest absolute Gasteiger partial charge is 0.493 e. The van der Waals surface area contributed by atoms with Gasteiger partial charge in [0.2, 0.25) is 11.7 Å². The summed E-state index contributed by atoms with van der Waals surface area (Å²) >= 11 is 0. The maximum atomic E-state index is 13.0. The molecule has 1 aliphatic rings. The lowest BCUT2D eigenvalue weighted by molar-refractivity contribution is -0.122. The van der Waals surface area contributed by atoms with E-state index in [4.69, 9.17) is 14.2 Å². The second-order valence-corrected chi connectivity index (χ2v) is 7.94. The van der Waals surface area contributed by atoms with Crippen LogP contribution in [0.25, 0.3) is 0 Å². The Balaban J connectivity index is 1.49. The second kappa shape index (κ2) is 11.4. The van der Waals surface area contributed by atoms with Crippen molar-refractivity contribution in [1.82, 2.24) is 10.2 Å². The lowest BCUT2D eigenvalue weighted by Gasteiger charge is -2.32. The molecule has 0 unspecified atom stereocenters. The number of piperidine rings is 1. The summed E-state index contributed by atoms with van der Waals surface area (Å²) in [5, 5.41) is 3.02. The van der Waals surface area contributed by atoms with Crippen LogP contribution < -0.4 is 19.5 Å². The van der Waals surface area contributed by atoms with Gasteiger partial charge >= 0.3 is 0 Å². The van der Waals surface area contributed by atoms with Crippen LogP contribution in [0.1, 0.15) is 35.2 Å². The molecule has 7 heteroatoms. The molecule has 1 aliphatic heterocycles. The summed E-state index contributed by atoms with van der Waals surface area (Å²) in [6.45, 7) is 1.89. The topological polar surface area (TPSA) is 77.1 Å². The highest BCUT2D eigenvalue weighted by Gasteiger charge is 2.26. The first kappa shape index (κ1) is 23.4. The SMILES string of the molecule is COc1cc(C(=O)N2CCC(CC(=O)NCCc3ccccc3)CC2)cc(OC)c1OC. The molecule has 1 heterocycles. The summed E-state index contributed by atoms with van der Waals surface area (Å²) in [4.78, 5) is 27.2. The molecule has 0 aromatic heterocycles. The molecule has 1 fully saturated rings. The Morgan fingerprint density at radius 1 is 0.969 bits per heavy atom. The van der Waals surface area contributed by atoms with Gasteiger partial charge in [-0.3, -0.25) is 9.59 Å². The zero-order valence-electron chi connectivity index (χ0n) is 19.1. The Bertz CT molecular complexity index is 883. The van der Waals surface area contributed by atoms with E-state index < -0.39 is 0 Å². The molecule has 7 nitrogen and oxygen atoms in total. The zero-order chi connectivity index (χ0) is 22.9. The number of carbonyl (C=O) groups excluding carboxylic acids is 2. The average molecular weight is 441 g/mol. The molecule has 2 amide bonds. The lowest BCUT2D eigenvalue weighted by Crippen LogP contribution is -2.39. The van der Waals surface area contributed by atoms with Crippen LogP contribution in [0.4, 0.5) is 0 Å². The van der Waals surface area contributed by atoms with Gasteiger partial charge in [-0.05, 0) is 42.9 Å². The van der Waals surface area contributed by atoms with Crippen molar-refractivity contribution in [3.05, 3.63) is 53.6 Å². The molecule has 0 atom stereocenters. The fraction of sp³-hybridized carbons (Fsp3) is 0.440. The van der Waals surface area contributed by atoms with Crippen molar-refractivity contribution in [2.24, 2.45) is 5.92 Å². The number of amides is 2. The summed E-state index contributed by atoms with van der Waals surface area (Å²) in [6, 6.07) is 13.5. The Hall–Kier alpha value is -3.22. The van der Waals surface area contributed by atoms with E-state index in [9.17, 15) is 9.59 Å². The van der Waals surface area contributed by atoms with Gasteiger partial charge in [-0.15, -0.1) is 0 Å². The van der Waals surface area contributed by atoms with Crippen molar-refractivity contribution in [3.63, 3.8) is 0 Å². The number of likely N-dealkylation sites (tertiary alicyclic amines) is 1. The van der Waals surface area contributed by atoms with E-state index in [0.29, 0.717) is 48.9 Å². The van der Waals surface area contributed by atoms with Crippen molar-refractivity contribution >= 4 is 11.8 Å². The molecule has 2 aromatic carbocycles. The quantitative estimate of drug-likeness (QED) is 0.647. The predicted octanol–water partition coefficient (Wildman–Crippen LogP) is 3.31. The minimum atomic E-state index is -0.0741. The highest BCUT2D eigenvalue weighted by atomic mass is 16.5. The third-order valence-electron chi connectivity index (χ3n) is 5.87. The van der Waals surface area contributed by atoms with E-state index >= 15 is 0 Å². The van der Waals surface area contributed by atoms with Gasteiger partial charge in [0.15, 0.2) is 11.5 Å². The van der Waals surface area contributed by atoms with Gasteiger partial charge in [0, 0.05) is 31.6 Å². The molecule has 1 N–H and O–H groups in total. The molecular weight excluding hydrogens is 408 g/mol. The number of benzene rings is 2. The Morgan fingerprint density at radius 3 is 2.16 bits per heavy atom. The number of ether oxygens (including phenoxy) is 3. The van der Waals surface area contributed by atoms with Gasteiger partial charge in [-0.2, -0.15) is 0 Å². The van der Waals surface area contributed by atoms with E-state index in [0.717, 1.165) is 19.3 Å². The second-order valence-electron chi connectivity index (χ2n) is 7.94. The molecule has 1 saturated heterocycles. The van der Waals surface area contributed by atoms with Gasteiger partial charge in [0.25, 0.3) is 5.91 Å². The van der Waals surface area contributed by atoms with Crippen LogP contribution in [0.2, 0.25) is 0 Å². The smallest absolute Gasteiger partial charge is 0.254 e. The minimum absolute atomic E-state index is 0.0741. The van der Waals surface area contributed by atoms with E-state index in [1.807, 2.05) is 23.1 Å². The first-order chi connectivity index (χ1) is 15.5. The monoisotopic (exact) mass is 440 g/mol. The van der Waals surface area contributed by atoms with Crippen LogP contribution in [0, 0.1) is 5.92 Å². The molecule has 0 bridgehead atoms. The summed E-state index contributed by atoms with van der Waals surface area (Å²) in [6.07, 6.45) is 2.94. The minimum Gasteiger partial charge on any atom is -0.493 e. The number of methoxy groups -OCH3 is 3. The summed E-state index contributed by atoms with van der Waals surface area (Å²) in [5.41, 5.74) is 1.71. The van der Waals surface area contributed by atoms with Crippen LogP contribution >= 0.6 is 0 Å². The number of rotatable bonds is 9. The van der Waals surface area contributed by atoms with Crippen LogP contribution in [0.15, 0.2) is 42.5 Å². The van der Waals surface area contributed by atoms with Crippen molar-refractivity contribution in [2.45, 2.75) is 25.7 Å². The van der Waals surface area contributed by atoms with E-state index in [-0.39, 0.29) is 17.7 Å². The third kappa shape index (κ3) is 5.93. The summed E-state index contributed by atoms with van der Waals surface area (Å²) in [7, 11) is 4.59. The number of hydrogen-bond acceptors (Lipinski definition) is 5. The number of carbonyl (C=O) groups is 2. The van der Waals surface area contributed by atoms with Crippen molar-refractivity contribution in [1.29, 1.82) is 0 Å². The van der Waals surface area contributed by atoms with Gasteiger partial charge in [-0.25, -0.2) is 0 Å². The summed E-state index contributed by atoms with van der Waals surface area (Å²) in [5.74, 6) is 1.67. The Kier molecular flexibility index (Phi) is 8.36. The first-order valence-electron chi connectivity index (χ1n) is 11.0. The normalized spacial score (nSPS) is 14.0. The fourth-order valence-electron chi connectivity index (χ4n) is 4.05. The molecule has 0 radical (unpaired) electrons. The molecule has 0 saturated carbocycles. The molecule has 0 spiro atoms. The molecule has 3 rings (SSSR count). The first-order valence-corrected chi connectivity index (χ1v) is 11.0. The standard InChI is InChI=1S/C25H32N2O5/c1-30-21-16-20(17-22(31-2)24(21)32-3)25(29)27-13-10-19(11-14-27)15-23(28)26-12-9-18-7-5-4-6-8-18/h4-8,16-17,19H,9-15H2,1-3H3,(H,26,28).